The van der Waals surface area contributed by atoms with E-state index in [-0.39, 0.29) is 0 Å². The zero-order valence-electron chi connectivity index (χ0n) is 3.79. The molecule has 0 radical (unpaired) electrons. The molecule has 0 heterocycles. The molecule has 7 heavy (non-hydrogen) atoms. The van der Waals surface area contributed by atoms with Crippen LogP contribution in [-0.2, 0) is 0 Å². The number of halogens is 2. The van der Waals surface area contributed by atoms with Gasteiger partial charge in [0.1, 0.15) is 0 Å². The first-order valence-corrected chi connectivity index (χ1v) is 3.70. The van der Waals surface area contributed by atoms with E-state index in [1.165, 1.54) is 11.8 Å². The van der Waals surface area contributed by atoms with Crippen LogP contribution in [0, 0.1) is 0 Å². The second-order valence-corrected chi connectivity index (χ2v) is 3.14. The van der Waals surface area contributed by atoms with Crippen LogP contribution in [0.2, 0.25) is 0 Å². The quantitative estimate of drug-likeness (QED) is 0.567. The Labute approximate surface area is 57.9 Å². The van der Waals surface area contributed by atoms with Crippen molar-refractivity contribution in [2.45, 2.75) is 0 Å². The highest BCUT2D eigenvalue weighted by Crippen LogP contribution is 2.16. The van der Waals surface area contributed by atoms with E-state index < -0.39 is 0 Å². The summed E-state index contributed by atoms with van der Waals surface area (Å²) in [5, 5.41) is 0. The molecule has 0 fully saturated rings. The molecule has 0 atom stereocenters. The van der Waals surface area contributed by atoms with Crippen molar-refractivity contribution in [1.29, 1.82) is 0 Å². The molecule has 0 aliphatic heterocycles. The van der Waals surface area contributed by atoms with Gasteiger partial charge in [-0.3, -0.25) is 0 Å². The largest absolute Gasteiger partial charge is 0.126 e. The molecule has 0 N–H and O–H groups in total. The lowest BCUT2D eigenvalue weighted by Crippen LogP contribution is -1.74. The van der Waals surface area contributed by atoms with Crippen LogP contribution in [-0.4, -0.2) is 11.6 Å². The Morgan fingerprint density at radius 2 is 2.29 bits per heavy atom. The molecule has 0 nitrogen and oxygen atoms in total. The zero-order chi connectivity index (χ0) is 5.70. The van der Waals surface area contributed by atoms with Crippen LogP contribution in [0.25, 0.3) is 0 Å². The molecule has 0 amide bonds. The zero-order valence-corrected chi connectivity index (χ0v) is 6.11. The van der Waals surface area contributed by atoms with Crippen molar-refractivity contribution in [3.63, 3.8) is 0 Å². The maximum absolute atomic E-state index is 5.37. The number of rotatable bonds is 3. The minimum absolute atomic E-state index is 0.612. The van der Waals surface area contributed by atoms with Crippen molar-refractivity contribution >= 4 is 35.0 Å². The van der Waals surface area contributed by atoms with Crippen LogP contribution in [0.5, 0.6) is 0 Å². The van der Waals surface area contributed by atoms with Crippen LogP contribution in [0.3, 0.4) is 0 Å². The van der Waals surface area contributed by atoms with Crippen LogP contribution in [0.1, 0.15) is 0 Å². The lowest BCUT2D eigenvalue weighted by Gasteiger charge is -1.88. The van der Waals surface area contributed by atoms with Crippen LogP contribution in [0.15, 0.2) is 10.9 Å². The monoisotopic (exact) mass is 156 g/mol. The van der Waals surface area contributed by atoms with Gasteiger partial charge in [-0.15, -0.1) is 23.4 Å². The van der Waals surface area contributed by atoms with Gasteiger partial charge in [0.25, 0.3) is 0 Å². The van der Waals surface area contributed by atoms with Crippen molar-refractivity contribution in [3.05, 3.63) is 10.9 Å². The van der Waals surface area contributed by atoms with E-state index >= 15 is 0 Å². The summed E-state index contributed by atoms with van der Waals surface area (Å²) in [4.78, 5) is 0. The molecule has 0 unspecified atom stereocenters. The predicted molar refractivity (Wildman–Crippen MR) is 38.2 cm³/mol. The third-order valence-corrected chi connectivity index (χ3v) is 1.80. The number of hydrogen-bond donors (Lipinski definition) is 0. The van der Waals surface area contributed by atoms with Crippen molar-refractivity contribution in [2.24, 2.45) is 0 Å². The van der Waals surface area contributed by atoms with Crippen molar-refractivity contribution < 1.29 is 0 Å². The Kier molecular flexibility index (Phi) is 5.28. The maximum Gasteiger partial charge on any atom is 0.0663 e. The molecule has 3 heteroatoms. The summed E-state index contributed by atoms with van der Waals surface area (Å²) >= 11 is 12.2. The number of thioether (sulfide) groups is 1. The minimum Gasteiger partial charge on any atom is -0.126 e. The third-order valence-electron chi connectivity index (χ3n) is 0.336. The van der Waals surface area contributed by atoms with Gasteiger partial charge >= 0.3 is 0 Å². The Balaban J connectivity index is 2.82. The first-order chi connectivity index (χ1) is 3.27. The lowest BCUT2D eigenvalue weighted by atomic mass is 11.0. The van der Waals surface area contributed by atoms with Gasteiger partial charge in [-0.1, -0.05) is 18.2 Å². The summed E-state index contributed by atoms with van der Waals surface area (Å²) in [7, 11) is 0. The average Bonchev–Trinajstić information content (AvgIpc) is 1.61. The molecule has 0 aliphatic rings. The van der Waals surface area contributed by atoms with E-state index in [0.29, 0.717) is 10.2 Å². The van der Waals surface area contributed by atoms with Crippen LogP contribution >= 0.6 is 35.0 Å². The fraction of sp³-hybridized carbons (Fsp3) is 0.500. The highest BCUT2D eigenvalue weighted by atomic mass is 35.5. The minimum atomic E-state index is 0.612. The van der Waals surface area contributed by atoms with Gasteiger partial charge in [-0.25, -0.2) is 0 Å². The lowest BCUT2D eigenvalue weighted by molar-refractivity contribution is 1.54. The molecule has 0 spiro atoms. The van der Waals surface area contributed by atoms with E-state index in [2.05, 4.69) is 6.58 Å². The second kappa shape index (κ2) is 4.82. The predicted octanol–water partition coefficient (Wildman–Crippen LogP) is 2.67. The Morgan fingerprint density at radius 1 is 1.71 bits per heavy atom. The fourth-order valence-corrected chi connectivity index (χ4v) is 0.911. The van der Waals surface area contributed by atoms with Gasteiger partial charge in [0.05, 0.1) is 4.36 Å². The molecule has 0 saturated carbocycles. The average molecular weight is 157 g/mol. The molecular weight excluding hydrogens is 151 g/mol. The van der Waals surface area contributed by atoms with Crippen molar-refractivity contribution in [3.8, 4) is 0 Å². The summed E-state index contributed by atoms with van der Waals surface area (Å²) < 4.78 is 0.612. The number of hydrogen-bond acceptors (Lipinski definition) is 1. The Bertz CT molecular complexity index is 62.7. The van der Waals surface area contributed by atoms with Gasteiger partial charge in [-0.05, 0) is 0 Å². The van der Waals surface area contributed by atoms with Crippen molar-refractivity contribution in [1.82, 2.24) is 0 Å². The molecule has 42 valence electrons. The molecule has 0 bridgehead atoms. The standard InChI is InChI=1S/C4H6Cl2S/c1-4(6)7-3-2-5/h1-3H2. The summed E-state index contributed by atoms with van der Waals surface area (Å²) in [6, 6.07) is 0. The summed E-state index contributed by atoms with van der Waals surface area (Å²) in [5.74, 6) is 1.49. The van der Waals surface area contributed by atoms with Gasteiger partial charge in [0, 0.05) is 11.6 Å². The number of alkyl halides is 1. The van der Waals surface area contributed by atoms with E-state index in [1.54, 1.807) is 0 Å². The van der Waals surface area contributed by atoms with Crippen LogP contribution < -0.4 is 0 Å². The molecule has 0 aromatic rings. The summed E-state index contributed by atoms with van der Waals surface area (Å²) in [5.41, 5.74) is 0. The molecule has 0 aromatic heterocycles. The first kappa shape index (κ1) is 7.67. The Hall–Kier alpha value is 0.670. The second-order valence-electron chi connectivity index (χ2n) is 0.893. The van der Waals surface area contributed by atoms with E-state index in [4.69, 9.17) is 23.2 Å². The van der Waals surface area contributed by atoms with Crippen molar-refractivity contribution in [2.75, 3.05) is 11.6 Å². The van der Waals surface area contributed by atoms with Gasteiger partial charge < -0.3 is 0 Å². The van der Waals surface area contributed by atoms with E-state index in [1.807, 2.05) is 0 Å². The highest BCUT2D eigenvalue weighted by molar-refractivity contribution is 8.04. The first-order valence-electron chi connectivity index (χ1n) is 1.80. The highest BCUT2D eigenvalue weighted by Gasteiger charge is 1.84. The SMILES string of the molecule is C=C(Cl)SCCCl. The maximum atomic E-state index is 5.37. The summed E-state index contributed by atoms with van der Waals surface area (Å²) in [6.45, 7) is 3.46. The third kappa shape index (κ3) is 6.67. The molecule has 0 aromatic carbocycles. The Morgan fingerprint density at radius 3 is 2.43 bits per heavy atom. The van der Waals surface area contributed by atoms with Gasteiger partial charge in [-0.2, -0.15) is 0 Å². The van der Waals surface area contributed by atoms with E-state index in [9.17, 15) is 0 Å². The topological polar surface area (TPSA) is 0 Å². The molecule has 0 rings (SSSR count). The van der Waals surface area contributed by atoms with Gasteiger partial charge in [0.15, 0.2) is 0 Å². The fourth-order valence-electron chi connectivity index (χ4n) is 0.149. The molecule has 0 saturated heterocycles. The smallest absolute Gasteiger partial charge is 0.0663 e. The summed E-state index contributed by atoms with van der Waals surface area (Å²) in [6.07, 6.45) is 0. The van der Waals surface area contributed by atoms with Crippen LogP contribution in [0.4, 0.5) is 0 Å². The van der Waals surface area contributed by atoms with Gasteiger partial charge in [0.2, 0.25) is 0 Å². The normalized spacial score (nSPS) is 8.86. The van der Waals surface area contributed by atoms with E-state index in [0.717, 1.165) is 5.75 Å². The molecular formula is C4H6Cl2S. The molecule has 0 aliphatic carbocycles.